The molecule has 0 spiro atoms. The van der Waals surface area contributed by atoms with Gasteiger partial charge in [0, 0.05) is 4.75 Å². The van der Waals surface area contributed by atoms with Gasteiger partial charge in [-0.2, -0.15) is 12.6 Å². The molecular formula is C10H21ClN2O3S. The molecule has 0 aliphatic rings. The summed E-state index contributed by atoms with van der Waals surface area (Å²) in [6, 6.07) is -1.77. The summed E-state index contributed by atoms with van der Waals surface area (Å²) < 4.78 is -0.690. The molecule has 0 bridgehead atoms. The molecule has 4 N–H and O–H groups in total. The molecule has 0 fully saturated rings. The van der Waals surface area contributed by atoms with Gasteiger partial charge in [-0.25, -0.2) is 4.79 Å². The number of carbonyl (C=O) groups is 2. The molecule has 0 rings (SSSR count). The maximum atomic E-state index is 11.7. The summed E-state index contributed by atoms with van der Waals surface area (Å²) >= 11 is 4.18. The van der Waals surface area contributed by atoms with Crippen LogP contribution in [0.3, 0.4) is 0 Å². The quantitative estimate of drug-likeness (QED) is 0.558. The fourth-order valence-electron chi connectivity index (χ4n) is 1.08. The molecule has 0 aromatic heterocycles. The normalized spacial score (nSPS) is 14.8. The number of carboxylic acid groups (broad SMARTS) is 1. The second-order valence-electron chi connectivity index (χ2n) is 4.70. The van der Waals surface area contributed by atoms with Crippen molar-refractivity contribution >= 4 is 36.9 Å². The Balaban J connectivity index is 0. The van der Waals surface area contributed by atoms with Crippen molar-refractivity contribution in [2.24, 2.45) is 11.7 Å². The minimum atomic E-state index is -1.06. The second-order valence-corrected chi connectivity index (χ2v) is 5.85. The molecule has 2 atom stereocenters. The van der Waals surface area contributed by atoms with Crippen molar-refractivity contribution in [2.75, 3.05) is 0 Å². The number of thiol groups is 1. The van der Waals surface area contributed by atoms with Crippen LogP contribution >= 0.6 is 25.0 Å². The Morgan fingerprint density at radius 2 is 1.76 bits per heavy atom. The minimum Gasteiger partial charge on any atom is -0.480 e. The first-order valence-corrected chi connectivity index (χ1v) is 5.53. The van der Waals surface area contributed by atoms with Crippen LogP contribution in [-0.4, -0.2) is 33.8 Å². The predicted octanol–water partition coefficient (Wildman–Crippen LogP) is 0.669. The van der Waals surface area contributed by atoms with Crippen molar-refractivity contribution in [2.45, 2.75) is 44.5 Å². The van der Waals surface area contributed by atoms with Crippen molar-refractivity contribution < 1.29 is 14.7 Å². The van der Waals surface area contributed by atoms with Crippen LogP contribution in [0.1, 0.15) is 27.7 Å². The number of hydrogen-bond donors (Lipinski definition) is 4. The molecule has 0 aliphatic carbocycles. The first-order valence-electron chi connectivity index (χ1n) is 5.08. The number of rotatable bonds is 5. The Kier molecular flexibility index (Phi) is 7.87. The van der Waals surface area contributed by atoms with E-state index in [0.717, 1.165) is 0 Å². The van der Waals surface area contributed by atoms with Gasteiger partial charge in [-0.15, -0.1) is 12.4 Å². The zero-order chi connectivity index (χ0) is 13.1. The summed E-state index contributed by atoms with van der Waals surface area (Å²) in [4.78, 5) is 22.5. The second kappa shape index (κ2) is 7.08. The Hall–Kier alpha value is -0.460. The summed E-state index contributed by atoms with van der Waals surface area (Å²) in [6.07, 6.45) is 0. The van der Waals surface area contributed by atoms with E-state index in [1.807, 2.05) is 0 Å². The Morgan fingerprint density at radius 1 is 1.35 bits per heavy atom. The Labute approximate surface area is 113 Å². The van der Waals surface area contributed by atoms with Crippen LogP contribution in [0, 0.1) is 5.92 Å². The lowest BCUT2D eigenvalue weighted by atomic mass is 10.0. The number of amides is 1. The van der Waals surface area contributed by atoms with E-state index in [1.54, 1.807) is 27.7 Å². The van der Waals surface area contributed by atoms with Gasteiger partial charge in [-0.05, 0) is 19.8 Å². The van der Waals surface area contributed by atoms with Crippen LogP contribution < -0.4 is 11.1 Å². The van der Waals surface area contributed by atoms with E-state index >= 15 is 0 Å². The topological polar surface area (TPSA) is 92.4 Å². The molecule has 7 heteroatoms. The van der Waals surface area contributed by atoms with E-state index in [2.05, 4.69) is 17.9 Å². The van der Waals surface area contributed by atoms with E-state index in [0.29, 0.717) is 0 Å². The molecule has 0 aromatic rings. The van der Waals surface area contributed by atoms with Crippen LogP contribution in [0.5, 0.6) is 0 Å². The van der Waals surface area contributed by atoms with Crippen LogP contribution in [-0.2, 0) is 9.59 Å². The van der Waals surface area contributed by atoms with Gasteiger partial charge < -0.3 is 16.2 Å². The number of nitrogens with two attached hydrogens (primary N) is 1. The van der Waals surface area contributed by atoms with Crippen molar-refractivity contribution in [3.05, 3.63) is 0 Å². The molecular weight excluding hydrogens is 264 g/mol. The monoisotopic (exact) mass is 284 g/mol. The highest BCUT2D eigenvalue weighted by atomic mass is 35.5. The molecule has 0 unspecified atom stereocenters. The predicted molar refractivity (Wildman–Crippen MR) is 72.7 cm³/mol. The maximum absolute atomic E-state index is 11.7. The third kappa shape index (κ3) is 6.14. The molecule has 0 aliphatic heterocycles. The van der Waals surface area contributed by atoms with Gasteiger partial charge in [0.05, 0.1) is 6.04 Å². The number of carboxylic acids is 1. The van der Waals surface area contributed by atoms with Crippen molar-refractivity contribution in [1.82, 2.24) is 5.32 Å². The van der Waals surface area contributed by atoms with E-state index in [-0.39, 0.29) is 18.3 Å². The van der Waals surface area contributed by atoms with Gasteiger partial charge in [-0.1, -0.05) is 13.8 Å². The van der Waals surface area contributed by atoms with Gasteiger partial charge in [0.15, 0.2) is 0 Å². The molecule has 102 valence electrons. The molecule has 0 heterocycles. The number of carbonyl (C=O) groups excluding carboxylic acids is 1. The van der Waals surface area contributed by atoms with Gasteiger partial charge in [0.1, 0.15) is 6.04 Å². The van der Waals surface area contributed by atoms with E-state index in [9.17, 15) is 9.59 Å². The summed E-state index contributed by atoms with van der Waals surface area (Å²) in [5.41, 5.74) is 5.66. The zero-order valence-corrected chi connectivity index (χ0v) is 12.1. The first-order chi connectivity index (χ1) is 7.07. The third-order valence-corrected chi connectivity index (χ3v) is 2.55. The summed E-state index contributed by atoms with van der Waals surface area (Å²) in [5.74, 6) is -1.76. The number of nitrogens with one attached hydrogen (secondary N) is 1. The van der Waals surface area contributed by atoms with Crippen LogP contribution in [0.25, 0.3) is 0 Å². The lowest BCUT2D eigenvalue weighted by molar-refractivity contribution is -0.143. The van der Waals surface area contributed by atoms with E-state index in [1.165, 1.54) is 0 Å². The molecule has 1 amide bonds. The lowest BCUT2D eigenvalue weighted by Gasteiger charge is -2.27. The zero-order valence-electron chi connectivity index (χ0n) is 10.4. The van der Waals surface area contributed by atoms with E-state index in [4.69, 9.17) is 10.8 Å². The summed E-state index contributed by atoms with van der Waals surface area (Å²) in [7, 11) is 0. The molecule has 0 aromatic carbocycles. The molecule has 0 saturated carbocycles. The fraction of sp³-hybridized carbons (Fsp3) is 0.800. The van der Waals surface area contributed by atoms with Gasteiger partial charge >= 0.3 is 5.97 Å². The smallest absolute Gasteiger partial charge is 0.326 e. The van der Waals surface area contributed by atoms with Crippen molar-refractivity contribution in [3.63, 3.8) is 0 Å². The van der Waals surface area contributed by atoms with Crippen molar-refractivity contribution in [1.29, 1.82) is 0 Å². The SMILES string of the molecule is CC(C)[C@@H](NC(=O)[C@H](N)C(C)(C)S)C(=O)O.Cl. The molecule has 17 heavy (non-hydrogen) atoms. The fourth-order valence-corrected chi connectivity index (χ4v) is 1.19. The van der Waals surface area contributed by atoms with Crippen LogP contribution in [0.4, 0.5) is 0 Å². The minimum absolute atomic E-state index is 0. The number of aliphatic carboxylic acids is 1. The average molecular weight is 285 g/mol. The van der Waals surface area contributed by atoms with Gasteiger partial charge in [0.25, 0.3) is 0 Å². The number of hydrogen-bond acceptors (Lipinski definition) is 4. The highest BCUT2D eigenvalue weighted by molar-refractivity contribution is 7.81. The lowest BCUT2D eigenvalue weighted by Crippen LogP contribution is -2.56. The summed E-state index contributed by atoms with van der Waals surface area (Å²) in [6.45, 7) is 6.84. The standard InChI is InChI=1S/C10H20N2O3S.ClH/c1-5(2)6(9(14)15)12-8(13)7(11)10(3,4)16;/h5-7,16H,11H2,1-4H3,(H,12,13)(H,14,15);1H/t6-,7+;/m1./s1. The maximum Gasteiger partial charge on any atom is 0.326 e. The number of halogens is 1. The first kappa shape index (κ1) is 18.9. The van der Waals surface area contributed by atoms with E-state index < -0.39 is 28.7 Å². The van der Waals surface area contributed by atoms with Gasteiger partial charge in [-0.3, -0.25) is 4.79 Å². The molecule has 0 saturated heterocycles. The molecule has 0 radical (unpaired) electrons. The summed E-state index contributed by atoms with van der Waals surface area (Å²) in [5, 5.41) is 11.3. The average Bonchev–Trinajstić information content (AvgIpc) is 2.09. The Morgan fingerprint density at radius 3 is 2.00 bits per heavy atom. The van der Waals surface area contributed by atoms with Gasteiger partial charge in [0.2, 0.25) is 5.91 Å². The largest absolute Gasteiger partial charge is 0.480 e. The highest BCUT2D eigenvalue weighted by Crippen LogP contribution is 2.16. The molecule has 5 nitrogen and oxygen atoms in total. The van der Waals surface area contributed by atoms with Crippen LogP contribution in [0.15, 0.2) is 0 Å². The van der Waals surface area contributed by atoms with Crippen LogP contribution in [0.2, 0.25) is 0 Å². The Bertz CT molecular complexity index is 279. The third-order valence-electron chi connectivity index (χ3n) is 2.27. The van der Waals surface area contributed by atoms with Crippen molar-refractivity contribution in [3.8, 4) is 0 Å². The highest BCUT2D eigenvalue weighted by Gasteiger charge is 2.32.